The quantitative estimate of drug-likeness (QED) is 0.233. The van der Waals surface area contributed by atoms with E-state index in [1.165, 1.54) is 57.3 Å². The van der Waals surface area contributed by atoms with E-state index in [9.17, 15) is 14.4 Å². The van der Waals surface area contributed by atoms with E-state index in [-0.39, 0.29) is 17.6 Å². The van der Waals surface area contributed by atoms with Gasteiger partial charge in [0.25, 0.3) is 11.8 Å². The number of hydrogen-bond donors (Lipinski definition) is 1. The highest BCUT2D eigenvalue weighted by molar-refractivity contribution is 6.39. The number of methoxy groups -OCH3 is 1. The molecule has 1 heterocycles. The molecule has 5 fully saturated rings. The Kier molecular flexibility index (Phi) is 7.01. The summed E-state index contributed by atoms with van der Waals surface area (Å²) in [5.74, 6) is 1.96. The monoisotopic (exact) mass is 596 g/mol. The van der Waals surface area contributed by atoms with Crippen LogP contribution in [-0.2, 0) is 21.6 Å². The molecule has 0 unspecified atom stereocenters. The van der Waals surface area contributed by atoms with Crippen molar-refractivity contribution < 1.29 is 23.9 Å². The van der Waals surface area contributed by atoms with Crippen molar-refractivity contribution in [3.63, 3.8) is 0 Å². The van der Waals surface area contributed by atoms with Crippen LogP contribution in [0, 0.1) is 17.8 Å². The van der Waals surface area contributed by atoms with Gasteiger partial charge in [-0.05, 0) is 109 Å². The highest BCUT2D eigenvalue weighted by Gasteiger charge is 2.51. The molecular weight excluding hydrogens is 564 g/mol. The first-order valence-corrected chi connectivity index (χ1v) is 15.3. The minimum Gasteiger partial charge on any atom is -0.493 e. The number of halogens is 1. The van der Waals surface area contributed by atoms with Gasteiger partial charge in [0.1, 0.15) is 12.2 Å². The molecule has 5 aliphatic rings. The fourth-order valence-electron chi connectivity index (χ4n) is 8.15. The predicted molar refractivity (Wildman–Crippen MR) is 164 cm³/mol. The summed E-state index contributed by atoms with van der Waals surface area (Å²) in [5, 5.41) is 2.93. The van der Waals surface area contributed by atoms with E-state index < -0.39 is 17.8 Å². The third kappa shape index (κ3) is 5.10. The lowest BCUT2D eigenvalue weighted by Crippen LogP contribution is -2.54. The van der Waals surface area contributed by atoms with Crippen LogP contribution in [0.25, 0.3) is 6.08 Å². The Morgan fingerprint density at radius 1 is 0.907 bits per heavy atom. The van der Waals surface area contributed by atoms with E-state index in [2.05, 4.69) is 17.4 Å². The van der Waals surface area contributed by atoms with Crippen LogP contribution in [0.3, 0.4) is 0 Å². The van der Waals surface area contributed by atoms with Gasteiger partial charge in [0.2, 0.25) is 0 Å². The van der Waals surface area contributed by atoms with Crippen LogP contribution in [0.4, 0.5) is 10.5 Å². The molecule has 7 nitrogen and oxygen atoms in total. The second-order valence-electron chi connectivity index (χ2n) is 12.5. The van der Waals surface area contributed by atoms with Crippen molar-refractivity contribution in [3.05, 3.63) is 94.0 Å². The molecule has 3 aromatic carbocycles. The predicted octanol–water partition coefficient (Wildman–Crippen LogP) is 7.06. The fraction of sp³-hybridized carbons (Fsp3) is 0.343. The largest absolute Gasteiger partial charge is 0.493 e. The zero-order valence-corrected chi connectivity index (χ0v) is 24.7. The number of carbonyl (C=O) groups is 3. The molecule has 0 aromatic heterocycles. The molecule has 8 rings (SSSR count). The molecule has 3 aromatic rings. The third-order valence-corrected chi connectivity index (χ3v) is 10.1. The van der Waals surface area contributed by atoms with E-state index in [1.807, 2.05) is 30.3 Å². The van der Waals surface area contributed by atoms with Crippen LogP contribution < -0.4 is 19.7 Å². The normalized spacial score (nSPS) is 27.0. The molecular formula is C35H33ClN2O5. The Morgan fingerprint density at radius 2 is 1.58 bits per heavy atom. The summed E-state index contributed by atoms with van der Waals surface area (Å²) in [6.07, 6.45) is 9.26. The number of barbiturate groups is 1. The van der Waals surface area contributed by atoms with Crippen LogP contribution in [-0.4, -0.2) is 25.0 Å². The van der Waals surface area contributed by atoms with Crippen LogP contribution >= 0.6 is 11.6 Å². The Bertz CT molecular complexity index is 1610. The summed E-state index contributed by atoms with van der Waals surface area (Å²) in [5.41, 5.74) is 3.19. The number of benzene rings is 3. The molecule has 0 radical (unpaired) electrons. The number of hydrogen-bond acceptors (Lipinski definition) is 5. The van der Waals surface area contributed by atoms with Gasteiger partial charge in [-0.3, -0.25) is 14.9 Å². The van der Waals surface area contributed by atoms with Crippen molar-refractivity contribution in [2.24, 2.45) is 17.8 Å². The van der Waals surface area contributed by atoms with Gasteiger partial charge in [-0.2, -0.15) is 0 Å². The van der Waals surface area contributed by atoms with Crippen molar-refractivity contribution in [3.8, 4) is 11.5 Å². The molecule has 43 heavy (non-hydrogen) atoms. The lowest BCUT2D eigenvalue weighted by Gasteiger charge is -2.57. The molecule has 4 bridgehead atoms. The number of nitrogens with zero attached hydrogens (tertiary/aromatic N) is 1. The van der Waals surface area contributed by atoms with E-state index in [4.69, 9.17) is 21.1 Å². The zero-order valence-electron chi connectivity index (χ0n) is 24.0. The summed E-state index contributed by atoms with van der Waals surface area (Å²) in [6.45, 7) is 0.246. The van der Waals surface area contributed by atoms with Crippen molar-refractivity contribution in [2.75, 3.05) is 12.0 Å². The maximum atomic E-state index is 13.6. The van der Waals surface area contributed by atoms with Gasteiger partial charge in [-0.25, -0.2) is 9.69 Å². The van der Waals surface area contributed by atoms with Crippen LogP contribution in [0.5, 0.6) is 11.5 Å². The van der Waals surface area contributed by atoms with E-state index >= 15 is 0 Å². The highest BCUT2D eigenvalue weighted by Crippen LogP contribution is 2.60. The van der Waals surface area contributed by atoms with Crippen molar-refractivity contribution in [2.45, 2.75) is 50.5 Å². The van der Waals surface area contributed by atoms with Gasteiger partial charge in [-0.1, -0.05) is 48.0 Å². The third-order valence-electron chi connectivity index (χ3n) is 9.72. The average Bonchev–Trinajstić information content (AvgIpc) is 2.98. The van der Waals surface area contributed by atoms with Crippen LogP contribution in [0.15, 0.2) is 72.3 Å². The summed E-state index contributed by atoms with van der Waals surface area (Å²) < 4.78 is 11.4. The van der Waals surface area contributed by atoms with Gasteiger partial charge in [0.15, 0.2) is 11.5 Å². The van der Waals surface area contributed by atoms with Crippen molar-refractivity contribution >= 4 is 41.2 Å². The lowest BCUT2D eigenvalue weighted by molar-refractivity contribution is -0.122. The molecule has 8 heteroatoms. The van der Waals surface area contributed by atoms with E-state index in [1.54, 1.807) is 24.3 Å². The van der Waals surface area contributed by atoms with Crippen LogP contribution in [0.1, 0.15) is 55.2 Å². The average molecular weight is 597 g/mol. The Balaban J connectivity index is 1.11. The highest BCUT2D eigenvalue weighted by atomic mass is 35.5. The maximum Gasteiger partial charge on any atom is 0.335 e. The summed E-state index contributed by atoms with van der Waals surface area (Å²) >= 11 is 6.25. The summed E-state index contributed by atoms with van der Waals surface area (Å²) in [4.78, 5) is 40.3. The van der Waals surface area contributed by atoms with Gasteiger partial charge in [0, 0.05) is 10.6 Å². The molecule has 4 aliphatic carbocycles. The number of imide groups is 2. The molecule has 4 amide bonds. The number of amides is 4. The molecule has 1 saturated heterocycles. The first-order valence-electron chi connectivity index (χ1n) is 14.9. The lowest BCUT2D eigenvalue weighted by atomic mass is 9.48. The van der Waals surface area contributed by atoms with Gasteiger partial charge in [0.05, 0.1) is 12.8 Å². The molecule has 0 atom stereocenters. The molecule has 4 saturated carbocycles. The SMILES string of the molecule is COc1cc(/C=C2\C(=O)NC(=O)N(c3ccc(C45CC6CC(CC(C6)C4)C5)cc3)C2=O)ccc1OCc1ccccc1Cl. The van der Waals surface area contributed by atoms with Gasteiger partial charge < -0.3 is 9.47 Å². The number of rotatable bonds is 7. The Hall–Kier alpha value is -4.10. The summed E-state index contributed by atoms with van der Waals surface area (Å²) in [7, 11) is 1.51. The Labute approximate surface area is 255 Å². The van der Waals surface area contributed by atoms with Crippen LogP contribution in [0.2, 0.25) is 5.02 Å². The fourth-order valence-corrected chi connectivity index (χ4v) is 8.34. The zero-order chi connectivity index (χ0) is 29.7. The van der Waals surface area contributed by atoms with Gasteiger partial charge >= 0.3 is 6.03 Å². The van der Waals surface area contributed by atoms with Crippen molar-refractivity contribution in [1.29, 1.82) is 0 Å². The van der Waals surface area contributed by atoms with Gasteiger partial charge in [-0.15, -0.1) is 0 Å². The smallest absolute Gasteiger partial charge is 0.335 e. The number of urea groups is 1. The molecule has 0 spiro atoms. The Morgan fingerprint density at radius 3 is 2.23 bits per heavy atom. The minimum absolute atomic E-state index is 0.142. The first kappa shape index (κ1) is 27.7. The second-order valence-corrected chi connectivity index (χ2v) is 12.9. The molecule has 1 aliphatic heterocycles. The van der Waals surface area contributed by atoms with E-state index in [0.717, 1.165) is 28.2 Å². The number of nitrogens with one attached hydrogen (secondary N) is 1. The maximum absolute atomic E-state index is 13.6. The first-order chi connectivity index (χ1) is 20.8. The topological polar surface area (TPSA) is 84.9 Å². The molecule has 220 valence electrons. The van der Waals surface area contributed by atoms with E-state index in [0.29, 0.717) is 27.8 Å². The van der Waals surface area contributed by atoms with Crippen molar-refractivity contribution in [1.82, 2.24) is 5.32 Å². The minimum atomic E-state index is -0.754. The number of carbonyl (C=O) groups excluding carboxylic acids is 3. The standard InChI is InChI=1S/C35H33ClN2O5/c1-42-31-16-21(6-11-30(31)43-20-25-4-2-3-5-29(25)36)15-28-32(39)37-34(41)38(33(28)40)27-9-7-26(8-10-27)35-17-22-12-23(18-35)14-24(13-22)19-35/h2-11,15-16,22-24H,12-14,17-20H2,1H3,(H,37,39,41)/b28-15+. The summed E-state index contributed by atoms with van der Waals surface area (Å²) in [6, 6.07) is 19.6. The molecule has 1 N–H and O–H groups in total. The number of anilines is 1. The number of ether oxygens (including phenoxy) is 2. The second kappa shape index (κ2) is 10.9.